The van der Waals surface area contributed by atoms with Crippen LogP contribution in [0.5, 0.6) is 0 Å². The Morgan fingerprint density at radius 2 is 1.71 bits per heavy atom. The van der Waals surface area contributed by atoms with Gasteiger partial charge in [0.1, 0.15) is 6.04 Å². The SMILES string of the molecule is COC(=O)C(C)NC(=O)c1c(C)cc(-c2cccc(N)c2)cc1C. The summed E-state index contributed by atoms with van der Waals surface area (Å²) < 4.78 is 4.63. The summed E-state index contributed by atoms with van der Waals surface area (Å²) in [5.74, 6) is -0.767. The Labute approximate surface area is 141 Å². The number of nitrogen functional groups attached to an aromatic ring is 1. The summed E-state index contributed by atoms with van der Waals surface area (Å²) in [6.07, 6.45) is 0. The van der Waals surface area contributed by atoms with E-state index in [1.807, 2.05) is 50.2 Å². The van der Waals surface area contributed by atoms with Crippen molar-refractivity contribution in [3.63, 3.8) is 0 Å². The molecule has 0 aliphatic rings. The topological polar surface area (TPSA) is 81.4 Å². The molecule has 2 aromatic carbocycles. The van der Waals surface area contributed by atoms with E-state index in [0.717, 1.165) is 22.3 Å². The lowest BCUT2D eigenvalue weighted by Gasteiger charge is -2.16. The Morgan fingerprint density at radius 3 is 2.25 bits per heavy atom. The predicted molar refractivity (Wildman–Crippen MR) is 94.7 cm³/mol. The average Bonchev–Trinajstić information content (AvgIpc) is 2.53. The lowest BCUT2D eigenvalue weighted by atomic mass is 9.95. The number of esters is 1. The van der Waals surface area contributed by atoms with Gasteiger partial charge in [-0.3, -0.25) is 4.79 Å². The third kappa shape index (κ3) is 3.74. The van der Waals surface area contributed by atoms with Crippen LogP contribution in [0.4, 0.5) is 5.69 Å². The maximum Gasteiger partial charge on any atom is 0.328 e. The molecule has 2 rings (SSSR count). The molecule has 5 heteroatoms. The molecule has 0 aliphatic heterocycles. The zero-order valence-corrected chi connectivity index (χ0v) is 14.3. The fourth-order valence-corrected chi connectivity index (χ4v) is 2.71. The van der Waals surface area contributed by atoms with Crippen molar-refractivity contribution in [2.24, 2.45) is 0 Å². The van der Waals surface area contributed by atoms with Gasteiger partial charge in [0, 0.05) is 11.3 Å². The smallest absolute Gasteiger partial charge is 0.328 e. The van der Waals surface area contributed by atoms with Crippen molar-refractivity contribution in [1.82, 2.24) is 5.32 Å². The molecule has 0 aliphatic carbocycles. The number of benzene rings is 2. The third-order valence-electron chi connectivity index (χ3n) is 3.88. The molecule has 5 nitrogen and oxygen atoms in total. The maximum atomic E-state index is 12.5. The molecule has 0 saturated carbocycles. The van der Waals surface area contributed by atoms with Crippen LogP contribution in [0.15, 0.2) is 36.4 Å². The van der Waals surface area contributed by atoms with Gasteiger partial charge < -0.3 is 15.8 Å². The van der Waals surface area contributed by atoms with E-state index in [-0.39, 0.29) is 5.91 Å². The van der Waals surface area contributed by atoms with Crippen molar-refractivity contribution < 1.29 is 14.3 Å². The normalized spacial score (nSPS) is 11.7. The van der Waals surface area contributed by atoms with Crippen LogP contribution in [0.1, 0.15) is 28.4 Å². The van der Waals surface area contributed by atoms with Crippen LogP contribution in [0, 0.1) is 13.8 Å². The molecule has 3 N–H and O–H groups in total. The Kier molecular flexibility index (Phi) is 5.24. The lowest BCUT2D eigenvalue weighted by Crippen LogP contribution is -2.39. The summed E-state index contributed by atoms with van der Waals surface area (Å²) in [5.41, 5.74) is 10.8. The molecule has 1 atom stereocenters. The number of hydrogen-bond donors (Lipinski definition) is 2. The quantitative estimate of drug-likeness (QED) is 0.669. The molecule has 0 bridgehead atoms. The van der Waals surface area contributed by atoms with E-state index in [4.69, 9.17) is 5.73 Å². The third-order valence-corrected chi connectivity index (χ3v) is 3.88. The number of nitrogens with two attached hydrogens (primary N) is 1. The summed E-state index contributed by atoms with van der Waals surface area (Å²) in [4.78, 5) is 24.0. The Balaban J connectivity index is 2.33. The number of carbonyl (C=O) groups is 2. The Hall–Kier alpha value is -2.82. The summed E-state index contributed by atoms with van der Waals surface area (Å²) in [5, 5.41) is 2.66. The van der Waals surface area contributed by atoms with Crippen molar-refractivity contribution in [3.05, 3.63) is 53.1 Å². The predicted octanol–water partition coefficient (Wildman–Crippen LogP) is 2.84. The second-order valence-electron chi connectivity index (χ2n) is 5.83. The van der Waals surface area contributed by atoms with Crippen LogP contribution in [0.2, 0.25) is 0 Å². The minimum atomic E-state index is -0.699. The zero-order chi connectivity index (χ0) is 17.9. The summed E-state index contributed by atoms with van der Waals surface area (Å²) in [7, 11) is 1.29. The number of rotatable bonds is 4. The van der Waals surface area contributed by atoms with E-state index in [1.165, 1.54) is 7.11 Å². The fourth-order valence-electron chi connectivity index (χ4n) is 2.71. The van der Waals surface area contributed by atoms with Gasteiger partial charge in [0.15, 0.2) is 0 Å². The summed E-state index contributed by atoms with van der Waals surface area (Å²) >= 11 is 0. The number of ether oxygens (including phenoxy) is 1. The van der Waals surface area contributed by atoms with Gasteiger partial charge in [0.05, 0.1) is 7.11 Å². The number of nitrogens with one attached hydrogen (secondary N) is 1. The molecule has 0 aromatic heterocycles. The lowest BCUT2D eigenvalue weighted by molar-refractivity contribution is -0.142. The minimum absolute atomic E-state index is 0.290. The first-order chi connectivity index (χ1) is 11.3. The van der Waals surface area contributed by atoms with Crippen molar-refractivity contribution in [3.8, 4) is 11.1 Å². The number of anilines is 1. The van der Waals surface area contributed by atoms with Gasteiger partial charge in [0.25, 0.3) is 5.91 Å². The van der Waals surface area contributed by atoms with Gasteiger partial charge in [0.2, 0.25) is 0 Å². The molecule has 0 fully saturated rings. The van der Waals surface area contributed by atoms with Crippen LogP contribution >= 0.6 is 0 Å². The molecular weight excluding hydrogens is 304 g/mol. The highest BCUT2D eigenvalue weighted by Crippen LogP contribution is 2.26. The van der Waals surface area contributed by atoms with Gasteiger partial charge in [-0.05, 0) is 55.2 Å². The molecule has 1 amide bonds. The van der Waals surface area contributed by atoms with E-state index < -0.39 is 12.0 Å². The monoisotopic (exact) mass is 326 g/mol. The average molecular weight is 326 g/mol. The van der Waals surface area contributed by atoms with Gasteiger partial charge in [-0.1, -0.05) is 24.3 Å². The molecule has 0 spiro atoms. The highest BCUT2D eigenvalue weighted by Gasteiger charge is 2.20. The number of methoxy groups -OCH3 is 1. The standard InChI is InChI=1S/C19H22N2O3/c1-11-8-15(14-6-5-7-16(20)10-14)9-12(2)17(11)18(22)21-13(3)19(23)24-4/h5-10,13H,20H2,1-4H3,(H,21,22). The summed E-state index contributed by atoms with van der Waals surface area (Å²) in [6.45, 7) is 5.34. The fraction of sp³-hybridized carbons (Fsp3) is 0.263. The first kappa shape index (κ1) is 17.5. The van der Waals surface area contributed by atoms with E-state index in [1.54, 1.807) is 6.92 Å². The van der Waals surface area contributed by atoms with Crippen LogP contribution in [0.3, 0.4) is 0 Å². The van der Waals surface area contributed by atoms with Crippen LogP contribution < -0.4 is 11.1 Å². The Morgan fingerprint density at radius 1 is 1.08 bits per heavy atom. The van der Waals surface area contributed by atoms with E-state index in [0.29, 0.717) is 11.3 Å². The largest absolute Gasteiger partial charge is 0.467 e. The van der Waals surface area contributed by atoms with Gasteiger partial charge in [-0.2, -0.15) is 0 Å². The summed E-state index contributed by atoms with van der Waals surface area (Å²) in [6, 6.07) is 10.8. The van der Waals surface area contributed by atoms with E-state index >= 15 is 0 Å². The molecule has 2 aromatic rings. The van der Waals surface area contributed by atoms with Gasteiger partial charge in [-0.15, -0.1) is 0 Å². The van der Waals surface area contributed by atoms with Crippen LogP contribution in [-0.4, -0.2) is 25.0 Å². The molecule has 0 heterocycles. The maximum absolute atomic E-state index is 12.5. The number of aryl methyl sites for hydroxylation is 2. The van der Waals surface area contributed by atoms with Crippen LogP contribution in [0.25, 0.3) is 11.1 Å². The number of amides is 1. The Bertz CT molecular complexity index is 761. The van der Waals surface area contributed by atoms with Crippen molar-refractivity contribution in [2.45, 2.75) is 26.8 Å². The molecule has 126 valence electrons. The minimum Gasteiger partial charge on any atom is -0.467 e. The first-order valence-electron chi connectivity index (χ1n) is 7.69. The molecule has 24 heavy (non-hydrogen) atoms. The first-order valence-corrected chi connectivity index (χ1v) is 7.69. The highest BCUT2D eigenvalue weighted by molar-refractivity contribution is 5.99. The number of carbonyl (C=O) groups excluding carboxylic acids is 2. The second kappa shape index (κ2) is 7.17. The van der Waals surface area contributed by atoms with E-state index in [2.05, 4.69) is 10.1 Å². The molecule has 1 unspecified atom stereocenters. The highest BCUT2D eigenvalue weighted by atomic mass is 16.5. The van der Waals surface area contributed by atoms with Crippen molar-refractivity contribution in [2.75, 3.05) is 12.8 Å². The molecule has 0 saturated heterocycles. The second-order valence-corrected chi connectivity index (χ2v) is 5.83. The molecule has 0 radical (unpaired) electrons. The van der Waals surface area contributed by atoms with Gasteiger partial charge in [-0.25, -0.2) is 4.79 Å². The number of hydrogen-bond acceptors (Lipinski definition) is 4. The zero-order valence-electron chi connectivity index (χ0n) is 14.3. The van der Waals surface area contributed by atoms with Crippen molar-refractivity contribution in [1.29, 1.82) is 0 Å². The van der Waals surface area contributed by atoms with Crippen molar-refractivity contribution >= 4 is 17.6 Å². The van der Waals surface area contributed by atoms with E-state index in [9.17, 15) is 9.59 Å². The molecular formula is C19H22N2O3. The van der Waals surface area contributed by atoms with Gasteiger partial charge >= 0.3 is 5.97 Å². The van der Waals surface area contributed by atoms with Crippen LogP contribution in [-0.2, 0) is 9.53 Å².